The molecule has 1 aromatic heterocycles. The van der Waals surface area contributed by atoms with Crippen LogP contribution < -0.4 is 10.6 Å². The molecule has 1 saturated carbocycles. The number of carbonyl (C=O) groups excluding carboxylic acids is 1. The highest BCUT2D eigenvalue weighted by atomic mass is 32.1. The van der Waals surface area contributed by atoms with Crippen molar-refractivity contribution in [3.8, 4) is 0 Å². The molecule has 1 aromatic rings. The number of rotatable bonds is 6. The summed E-state index contributed by atoms with van der Waals surface area (Å²) in [5, 5.41) is 8.94. The molecule has 0 radical (unpaired) electrons. The third kappa shape index (κ3) is 4.75. The van der Waals surface area contributed by atoms with Crippen LogP contribution in [0.15, 0.2) is 22.5 Å². The van der Waals surface area contributed by atoms with Crippen molar-refractivity contribution >= 4 is 23.2 Å². The summed E-state index contributed by atoms with van der Waals surface area (Å²) < 4.78 is 0. The van der Waals surface area contributed by atoms with Gasteiger partial charge in [-0.05, 0) is 24.3 Å². The molecule has 1 heterocycles. The van der Waals surface area contributed by atoms with Gasteiger partial charge in [-0.3, -0.25) is 9.79 Å². The molecule has 140 valence electrons. The highest BCUT2D eigenvalue weighted by Gasteiger charge is 2.42. The van der Waals surface area contributed by atoms with Gasteiger partial charge in [0.25, 0.3) is 0 Å². The van der Waals surface area contributed by atoms with Gasteiger partial charge in [-0.25, -0.2) is 0 Å². The Morgan fingerprint density at radius 3 is 2.52 bits per heavy atom. The van der Waals surface area contributed by atoms with E-state index < -0.39 is 0 Å². The number of amides is 1. The van der Waals surface area contributed by atoms with Crippen molar-refractivity contribution in [2.75, 3.05) is 34.2 Å². The van der Waals surface area contributed by atoms with Crippen molar-refractivity contribution in [1.82, 2.24) is 15.5 Å². The Morgan fingerprint density at radius 2 is 2.00 bits per heavy atom. The van der Waals surface area contributed by atoms with Crippen molar-refractivity contribution < 1.29 is 4.79 Å². The molecule has 0 aromatic carbocycles. The average Bonchev–Trinajstić information content (AvgIpc) is 3.27. The van der Waals surface area contributed by atoms with E-state index >= 15 is 0 Å². The summed E-state index contributed by atoms with van der Waals surface area (Å²) >= 11 is 1.78. The van der Waals surface area contributed by atoms with E-state index in [4.69, 9.17) is 0 Å². The van der Waals surface area contributed by atoms with E-state index in [0.717, 1.165) is 38.2 Å². The summed E-state index contributed by atoms with van der Waals surface area (Å²) in [6, 6.07) is 4.26. The molecular weight excluding hydrogens is 332 g/mol. The van der Waals surface area contributed by atoms with Crippen LogP contribution in [0.1, 0.15) is 44.4 Å². The maximum atomic E-state index is 12.7. The van der Waals surface area contributed by atoms with E-state index in [-0.39, 0.29) is 16.7 Å². The zero-order chi connectivity index (χ0) is 18.5. The molecule has 1 aliphatic rings. The average molecular weight is 365 g/mol. The van der Waals surface area contributed by atoms with E-state index in [1.807, 2.05) is 14.1 Å². The van der Waals surface area contributed by atoms with Crippen LogP contribution in [0.4, 0.5) is 0 Å². The molecule has 0 bridgehead atoms. The third-order valence-electron chi connectivity index (χ3n) is 5.12. The molecule has 1 amide bonds. The van der Waals surface area contributed by atoms with Crippen molar-refractivity contribution in [3.63, 3.8) is 0 Å². The largest absolute Gasteiger partial charge is 0.356 e. The number of guanidine groups is 1. The van der Waals surface area contributed by atoms with E-state index in [0.29, 0.717) is 6.54 Å². The molecule has 0 saturated heterocycles. The lowest BCUT2D eigenvalue weighted by molar-refractivity contribution is -0.138. The minimum absolute atomic E-state index is 0.0380. The van der Waals surface area contributed by atoms with Crippen LogP contribution in [0.5, 0.6) is 0 Å². The predicted molar refractivity (Wildman–Crippen MR) is 106 cm³/mol. The third-order valence-corrected chi connectivity index (χ3v) is 6.36. The Morgan fingerprint density at radius 1 is 1.32 bits per heavy atom. The number of thiophene rings is 1. The number of aliphatic imine (C=N–C) groups is 1. The lowest BCUT2D eigenvalue weighted by Gasteiger charge is -2.32. The van der Waals surface area contributed by atoms with Gasteiger partial charge in [0.05, 0.1) is 5.41 Å². The smallest absolute Gasteiger partial charge is 0.230 e. The first-order valence-electron chi connectivity index (χ1n) is 9.01. The molecule has 0 aliphatic heterocycles. The fourth-order valence-corrected chi connectivity index (χ4v) is 4.37. The summed E-state index contributed by atoms with van der Waals surface area (Å²) in [6.45, 7) is 5.89. The Balaban J connectivity index is 1.94. The molecule has 0 unspecified atom stereocenters. The Hall–Kier alpha value is -1.56. The highest BCUT2D eigenvalue weighted by Crippen LogP contribution is 2.38. The zero-order valence-corrected chi connectivity index (χ0v) is 17.0. The Bertz CT molecular complexity index is 587. The lowest BCUT2D eigenvalue weighted by atomic mass is 9.84. The van der Waals surface area contributed by atoms with Crippen molar-refractivity contribution in [2.45, 2.75) is 44.9 Å². The van der Waals surface area contributed by atoms with Gasteiger partial charge < -0.3 is 15.5 Å². The van der Waals surface area contributed by atoms with Crippen LogP contribution in [0.2, 0.25) is 0 Å². The van der Waals surface area contributed by atoms with E-state index in [1.54, 1.807) is 23.3 Å². The van der Waals surface area contributed by atoms with Crippen LogP contribution in [-0.4, -0.2) is 51.0 Å². The molecule has 1 fully saturated rings. The summed E-state index contributed by atoms with van der Waals surface area (Å²) in [5.41, 5.74) is -0.249. The van der Waals surface area contributed by atoms with Gasteiger partial charge in [-0.15, -0.1) is 11.3 Å². The summed E-state index contributed by atoms with van der Waals surface area (Å²) in [5.74, 6) is 0.995. The fraction of sp³-hybridized carbons (Fsp3) is 0.684. The van der Waals surface area contributed by atoms with Gasteiger partial charge in [0, 0.05) is 44.5 Å². The monoisotopic (exact) mass is 364 g/mol. The first-order chi connectivity index (χ1) is 11.8. The molecule has 2 rings (SSSR count). The number of nitrogens with one attached hydrogen (secondary N) is 2. The SMILES string of the molecule is CN=C(NCC1(C(=O)N(C)C)CCCC1)NCC(C)(C)c1cccs1. The van der Waals surface area contributed by atoms with Gasteiger partial charge in [-0.2, -0.15) is 0 Å². The minimum atomic E-state index is -0.287. The predicted octanol–water partition coefficient (Wildman–Crippen LogP) is 2.84. The highest BCUT2D eigenvalue weighted by molar-refractivity contribution is 7.10. The van der Waals surface area contributed by atoms with E-state index in [1.165, 1.54) is 4.88 Å². The topological polar surface area (TPSA) is 56.7 Å². The minimum Gasteiger partial charge on any atom is -0.356 e. The van der Waals surface area contributed by atoms with Gasteiger partial charge in [-0.1, -0.05) is 32.8 Å². The second-order valence-electron chi connectivity index (χ2n) is 7.83. The van der Waals surface area contributed by atoms with Gasteiger partial charge in [0.1, 0.15) is 0 Å². The van der Waals surface area contributed by atoms with Crippen LogP contribution in [0.3, 0.4) is 0 Å². The van der Waals surface area contributed by atoms with E-state index in [9.17, 15) is 4.79 Å². The molecule has 1 aliphatic carbocycles. The second-order valence-corrected chi connectivity index (χ2v) is 8.78. The fourth-order valence-electron chi connectivity index (χ4n) is 3.52. The van der Waals surface area contributed by atoms with Crippen molar-refractivity contribution in [1.29, 1.82) is 0 Å². The number of nitrogens with zero attached hydrogens (tertiary/aromatic N) is 2. The standard InChI is InChI=1S/C19H32N4OS/c1-18(2,15-9-8-12-25-15)13-21-17(20-3)22-14-19(10-6-7-11-19)16(24)23(4)5/h8-9,12H,6-7,10-11,13-14H2,1-5H3,(H2,20,21,22). The van der Waals surface area contributed by atoms with Crippen LogP contribution in [0.25, 0.3) is 0 Å². The molecule has 25 heavy (non-hydrogen) atoms. The first-order valence-corrected chi connectivity index (χ1v) is 9.89. The Kier molecular flexibility index (Phi) is 6.49. The summed E-state index contributed by atoms with van der Waals surface area (Å²) in [6.07, 6.45) is 4.15. The van der Waals surface area contributed by atoms with Gasteiger partial charge >= 0.3 is 0 Å². The zero-order valence-electron chi connectivity index (χ0n) is 16.2. The van der Waals surface area contributed by atoms with E-state index in [2.05, 4.69) is 47.0 Å². The van der Waals surface area contributed by atoms with Gasteiger partial charge in [0.15, 0.2) is 5.96 Å². The first kappa shape index (κ1) is 19.8. The summed E-state index contributed by atoms with van der Waals surface area (Å²) in [4.78, 5) is 20.1. The molecule has 0 spiro atoms. The van der Waals surface area contributed by atoms with Crippen molar-refractivity contribution in [2.24, 2.45) is 10.4 Å². The quantitative estimate of drug-likeness (QED) is 0.603. The Labute approximate surface area is 155 Å². The molecule has 2 N–H and O–H groups in total. The number of carbonyl (C=O) groups is 1. The van der Waals surface area contributed by atoms with Gasteiger partial charge in [0.2, 0.25) is 5.91 Å². The van der Waals surface area contributed by atoms with Crippen LogP contribution >= 0.6 is 11.3 Å². The second kappa shape index (κ2) is 8.21. The maximum absolute atomic E-state index is 12.7. The molecule has 5 nitrogen and oxygen atoms in total. The lowest BCUT2D eigenvalue weighted by Crippen LogP contribution is -2.50. The van der Waals surface area contributed by atoms with Crippen LogP contribution in [-0.2, 0) is 10.2 Å². The number of hydrogen-bond donors (Lipinski definition) is 2. The normalized spacial score (nSPS) is 17.4. The molecule has 6 heteroatoms. The maximum Gasteiger partial charge on any atom is 0.230 e. The van der Waals surface area contributed by atoms with Crippen LogP contribution in [0, 0.1) is 5.41 Å². The molecular formula is C19H32N4OS. The molecule has 0 atom stereocenters. The summed E-state index contributed by atoms with van der Waals surface area (Å²) in [7, 11) is 5.47. The number of hydrogen-bond acceptors (Lipinski definition) is 3. The van der Waals surface area contributed by atoms with Crippen molar-refractivity contribution in [3.05, 3.63) is 22.4 Å².